The zero-order valence-corrected chi connectivity index (χ0v) is 13.0. The van der Waals surface area contributed by atoms with Crippen LogP contribution in [0.1, 0.15) is 11.3 Å². The number of hydrogen-bond acceptors (Lipinski definition) is 3. The fourth-order valence-electron chi connectivity index (χ4n) is 2.16. The molecule has 24 heavy (non-hydrogen) atoms. The molecule has 0 aliphatic rings. The molecular weight excluding hydrogens is 343 g/mol. The fraction of sp³-hybridized carbons (Fsp3) is 0.125. The fourth-order valence-corrected chi connectivity index (χ4v) is 2.30. The first-order valence-electron chi connectivity index (χ1n) is 6.91. The third kappa shape index (κ3) is 3.58. The van der Waals surface area contributed by atoms with Gasteiger partial charge in [0.25, 0.3) is 0 Å². The van der Waals surface area contributed by atoms with Crippen molar-refractivity contribution in [2.45, 2.75) is 13.2 Å². The van der Waals surface area contributed by atoms with Crippen molar-refractivity contribution in [3.05, 3.63) is 76.7 Å². The normalized spacial score (nSPS) is 11.0. The summed E-state index contributed by atoms with van der Waals surface area (Å²) < 4.78 is 46.7. The molecule has 0 saturated heterocycles. The number of benzene rings is 1. The van der Waals surface area contributed by atoms with E-state index >= 15 is 0 Å². The predicted octanol–water partition coefficient (Wildman–Crippen LogP) is 4.05. The van der Waals surface area contributed by atoms with Crippen LogP contribution in [-0.2, 0) is 18.0 Å². The largest absolute Gasteiger partial charge is 0.370 e. The van der Waals surface area contributed by atoms with Crippen LogP contribution < -0.4 is 0 Å². The summed E-state index contributed by atoms with van der Waals surface area (Å²) >= 11 is 5.77. The van der Waals surface area contributed by atoms with Crippen molar-refractivity contribution in [3.8, 4) is 5.82 Å². The Hall–Kier alpha value is -2.38. The molecule has 3 rings (SSSR count). The van der Waals surface area contributed by atoms with E-state index in [1.54, 1.807) is 29.0 Å². The van der Waals surface area contributed by atoms with Crippen molar-refractivity contribution in [1.82, 2.24) is 14.5 Å². The van der Waals surface area contributed by atoms with E-state index in [2.05, 4.69) is 9.97 Å². The van der Waals surface area contributed by atoms with Gasteiger partial charge in [-0.3, -0.25) is 0 Å². The third-order valence-corrected chi connectivity index (χ3v) is 3.47. The van der Waals surface area contributed by atoms with Gasteiger partial charge in [-0.1, -0.05) is 0 Å². The first-order valence-corrected chi connectivity index (χ1v) is 7.28. The van der Waals surface area contributed by atoms with Crippen LogP contribution in [0.3, 0.4) is 0 Å². The van der Waals surface area contributed by atoms with Gasteiger partial charge in [0, 0.05) is 29.7 Å². The van der Waals surface area contributed by atoms with E-state index < -0.39 is 17.5 Å². The summed E-state index contributed by atoms with van der Waals surface area (Å²) in [6, 6.07) is 6.53. The molecule has 0 fully saturated rings. The summed E-state index contributed by atoms with van der Waals surface area (Å²) in [4.78, 5) is 7.90. The lowest BCUT2D eigenvalue weighted by molar-refractivity contribution is 0.101. The average molecular weight is 354 g/mol. The van der Waals surface area contributed by atoms with Gasteiger partial charge in [-0.05, 0) is 35.9 Å². The Morgan fingerprint density at radius 1 is 1.04 bits per heavy atom. The van der Waals surface area contributed by atoms with E-state index in [1.807, 2.05) is 0 Å². The molecule has 0 aliphatic carbocycles. The van der Waals surface area contributed by atoms with Crippen LogP contribution in [0, 0.1) is 17.5 Å². The van der Waals surface area contributed by atoms with E-state index in [9.17, 15) is 13.2 Å². The molecule has 2 heterocycles. The molecule has 0 unspecified atom stereocenters. The molecule has 0 atom stereocenters. The highest BCUT2D eigenvalue weighted by atomic mass is 35.5. The van der Waals surface area contributed by atoms with Crippen LogP contribution in [0.5, 0.6) is 0 Å². The minimum atomic E-state index is -1.23. The topological polar surface area (TPSA) is 39.9 Å². The SMILES string of the molecule is Fc1cc(F)c(COCc2cccn2-c2ccnc(Cl)n2)cc1F. The Balaban J connectivity index is 1.71. The average Bonchev–Trinajstić information content (AvgIpc) is 3.01. The lowest BCUT2D eigenvalue weighted by Crippen LogP contribution is -2.05. The van der Waals surface area contributed by atoms with Crippen LogP contribution >= 0.6 is 11.6 Å². The van der Waals surface area contributed by atoms with Crippen LogP contribution in [0.2, 0.25) is 5.28 Å². The molecular formula is C16H11ClF3N3O. The van der Waals surface area contributed by atoms with E-state index in [4.69, 9.17) is 16.3 Å². The van der Waals surface area contributed by atoms with Gasteiger partial charge in [0.1, 0.15) is 11.6 Å². The van der Waals surface area contributed by atoms with E-state index in [0.29, 0.717) is 11.9 Å². The number of nitrogens with zero attached hydrogens (tertiary/aromatic N) is 3. The number of rotatable bonds is 5. The minimum absolute atomic E-state index is 0.0583. The predicted molar refractivity (Wildman–Crippen MR) is 81.2 cm³/mol. The van der Waals surface area contributed by atoms with Crippen LogP contribution in [0.25, 0.3) is 5.82 Å². The molecule has 4 nitrogen and oxygen atoms in total. The summed E-state index contributed by atoms with van der Waals surface area (Å²) in [5.74, 6) is -2.65. The van der Waals surface area contributed by atoms with Crippen molar-refractivity contribution in [1.29, 1.82) is 0 Å². The zero-order chi connectivity index (χ0) is 17.1. The molecule has 0 radical (unpaired) electrons. The number of ether oxygens (including phenoxy) is 1. The second-order valence-corrected chi connectivity index (χ2v) is 5.24. The summed E-state index contributed by atoms with van der Waals surface area (Å²) in [5.41, 5.74) is 0.671. The minimum Gasteiger partial charge on any atom is -0.370 e. The molecule has 0 saturated carbocycles. The number of halogens is 4. The maximum Gasteiger partial charge on any atom is 0.224 e. The zero-order valence-electron chi connectivity index (χ0n) is 12.2. The van der Waals surface area contributed by atoms with Gasteiger partial charge >= 0.3 is 0 Å². The van der Waals surface area contributed by atoms with Crippen molar-refractivity contribution in [2.75, 3.05) is 0 Å². The standard InChI is InChI=1S/C16H11ClF3N3O/c17-16-21-4-3-15(22-16)23-5-1-2-11(23)9-24-8-10-6-13(19)14(20)7-12(10)18/h1-7H,8-9H2. The molecule has 8 heteroatoms. The third-order valence-electron chi connectivity index (χ3n) is 3.29. The van der Waals surface area contributed by atoms with Gasteiger partial charge < -0.3 is 9.30 Å². The van der Waals surface area contributed by atoms with Gasteiger partial charge in [-0.15, -0.1) is 0 Å². The van der Waals surface area contributed by atoms with Gasteiger partial charge in [-0.25, -0.2) is 18.2 Å². The van der Waals surface area contributed by atoms with Crippen molar-refractivity contribution in [3.63, 3.8) is 0 Å². The van der Waals surface area contributed by atoms with Crippen molar-refractivity contribution >= 4 is 11.6 Å². The van der Waals surface area contributed by atoms with Crippen LogP contribution in [-0.4, -0.2) is 14.5 Å². The Kier molecular flexibility index (Phi) is 4.82. The van der Waals surface area contributed by atoms with Crippen LogP contribution in [0.15, 0.2) is 42.7 Å². The second kappa shape index (κ2) is 7.02. The molecule has 0 amide bonds. The van der Waals surface area contributed by atoms with E-state index in [1.165, 1.54) is 6.20 Å². The molecule has 3 aromatic rings. The summed E-state index contributed by atoms with van der Waals surface area (Å²) in [7, 11) is 0. The summed E-state index contributed by atoms with van der Waals surface area (Å²) in [6.07, 6.45) is 3.28. The van der Waals surface area contributed by atoms with Crippen molar-refractivity contribution in [2.24, 2.45) is 0 Å². The highest BCUT2D eigenvalue weighted by Crippen LogP contribution is 2.17. The monoisotopic (exact) mass is 353 g/mol. The number of aromatic nitrogens is 3. The molecule has 124 valence electrons. The maximum absolute atomic E-state index is 13.6. The molecule has 0 spiro atoms. The Morgan fingerprint density at radius 2 is 1.83 bits per heavy atom. The van der Waals surface area contributed by atoms with E-state index in [-0.39, 0.29) is 24.1 Å². The molecule has 1 aromatic carbocycles. The summed E-state index contributed by atoms with van der Waals surface area (Å²) in [6.45, 7) is -0.0776. The Labute approximate surface area is 140 Å². The molecule has 0 N–H and O–H groups in total. The Morgan fingerprint density at radius 3 is 2.62 bits per heavy atom. The van der Waals surface area contributed by atoms with Gasteiger partial charge in [0.2, 0.25) is 5.28 Å². The second-order valence-electron chi connectivity index (χ2n) is 4.90. The summed E-state index contributed by atoms with van der Waals surface area (Å²) in [5, 5.41) is 0.108. The lowest BCUT2D eigenvalue weighted by atomic mass is 10.2. The van der Waals surface area contributed by atoms with Gasteiger partial charge in [-0.2, -0.15) is 4.98 Å². The van der Waals surface area contributed by atoms with Gasteiger partial charge in [0.15, 0.2) is 11.6 Å². The van der Waals surface area contributed by atoms with Crippen LogP contribution in [0.4, 0.5) is 13.2 Å². The maximum atomic E-state index is 13.6. The highest BCUT2D eigenvalue weighted by Gasteiger charge is 2.11. The van der Waals surface area contributed by atoms with Crippen molar-refractivity contribution < 1.29 is 17.9 Å². The first-order chi connectivity index (χ1) is 11.5. The van der Waals surface area contributed by atoms with E-state index in [0.717, 1.165) is 11.8 Å². The molecule has 0 bridgehead atoms. The quantitative estimate of drug-likeness (QED) is 0.513. The highest BCUT2D eigenvalue weighted by molar-refractivity contribution is 6.28. The smallest absolute Gasteiger partial charge is 0.224 e. The number of hydrogen-bond donors (Lipinski definition) is 0. The first kappa shape index (κ1) is 16.5. The molecule has 0 aliphatic heterocycles. The lowest BCUT2D eigenvalue weighted by Gasteiger charge is -2.10. The van der Waals surface area contributed by atoms with Gasteiger partial charge in [0.05, 0.1) is 13.2 Å². The molecule has 2 aromatic heterocycles. The Bertz CT molecular complexity index is 870.